The molecule has 1 amide bonds. The Bertz CT molecular complexity index is 885. The molecule has 9 heteroatoms. The van der Waals surface area contributed by atoms with Crippen molar-refractivity contribution in [3.63, 3.8) is 0 Å². The van der Waals surface area contributed by atoms with Crippen LogP contribution in [0, 0.1) is 13.8 Å². The largest absolute Gasteiger partial charge is 0.388 e. The molecule has 2 N–H and O–H groups in total. The van der Waals surface area contributed by atoms with Gasteiger partial charge >= 0.3 is 0 Å². The summed E-state index contributed by atoms with van der Waals surface area (Å²) in [4.78, 5) is 23.2. The minimum atomic E-state index is -1.17. The van der Waals surface area contributed by atoms with E-state index in [0.29, 0.717) is 38.1 Å². The van der Waals surface area contributed by atoms with Gasteiger partial charge in [0, 0.05) is 30.9 Å². The van der Waals surface area contributed by atoms with Crippen LogP contribution < -0.4 is 0 Å². The Morgan fingerprint density at radius 3 is 2.67 bits per heavy atom. The van der Waals surface area contributed by atoms with E-state index >= 15 is 0 Å². The van der Waals surface area contributed by atoms with Crippen LogP contribution in [0.1, 0.15) is 48.2 Å². The van der Waals surface area contributed by atoms with Crippen LogP contribution in [0.2, 0.25) is 0 Å². The molecule has 4 rings (SSSR count). The van der Waals surface area contributed by atoms with E-state index in [1.165, 1.54) is 0 Å². The molecule has 0 aliphatic carbocycles. The number of hydrogen-bond donors (Lipinski definition) is 2. The van der Waals surface area contributed by atoms with E-state index in [1.807, 2.05) is 19.9 Å². The molecule has 2 aromatic rings. The fraction of sp³-hybridized carbons (Fsp3) is 0.667. The molecule has 2 atom stereocenters. The quantitative estimate of drug-likeness (QED) is 0.734. The fourth-order valence-corrected chi connectivity index (χ4v) is 4.09. The number of rotatable bonds is 1. The van der Waals surface area contributed by atoms with Gasteiger partial charge in [-0.3, -0.25) is 4.79 Å². The number of piperidine rings is 1. The number of aromatic nitrogens is 4. The summed E-state index contributed by atoms with van der Waals surface area (Å²) >= 11 is 0. The Hall–Kier alpha value is -2.10. The second kappa shape index (κ2) is 6.22. The summed E-state index contributed by atoms with van der Waals surface area (Å²) in [7, 11) is 0. The minimum absolute atomic E-state index is 0.110. The first-order chi connectivity index (χ1) is 12.7. The monoisotopic (exact) mass is 375 g/mol. The van der Waals surface area contributed by atoms with Gasteiger partial charge in [-0.1, -0.05) is 0 Å². The van der Waals surface area contributed by atoms with Gasteiger partial charge in [-0.2, -0.15) is 4.98 Å². The number of fused-ring (bicyclic) bond motifs is 1. The molecule has 2 fully saturated rings. The van der Waals surface area contributed by atoms with Gasteiger partial charge in [-0.15, -0.1) is 5.10 Å². The van der Waals surface area contributed by atoms with Crippen LogP contribution in [0.25, 0.3) is 5.78 Å². The molecular formula is C18H25N5O4. The summed E-state index contributed by atoms with van der Waals surface area (Å²) in [6.45, 7) is 6.51. The third-order valence-electron chi connectivity index (χ3n) is 5.72. The number of likely N-dealkylation sites (tertiary alicyclic amines) is 1. The topological polar surface area (TPSA) is 113 Å². The third-order valence-corrected chi connectivity index (χ3v) is 5.72. The van der Waals surface area contributed by atoms with Gasteiger partial charge in [0.15, 0.2) is 0 Å². The molecule has 1 spiro atoms. The highest BCUT2D eigenvalue weighted by atomic mass is 16.5. The maximum absolute atomic E-state index is 12.8. The Kier molecular flexibility index (Phi) is 4.21. The zero-order chi connectivity index (χ0) is 19.4. The van der Waals surface area contributed by atoms with Crippen molar-refractivity contribution in [1.29, 1.82) is 0 Å². The molecule has 146 valence electrons. The molecule has 27 heavy (non-hydrogen) atoms. The van der Waals surface area contributed by atoms with Gasteiger partial charge in [0.25, 0.3) is 11.7 Å². The van der Waals surface area contributed by atoms with Gasteiger partial charge in [0.1, 0.15) is 6.10 Å². The molecule has 2 aromatic heterocycles. The molecular weight excluding hydrogens is 350 g/mol. The van der Waals surface area contributed by atoms with Gasteiger partial charge < -0.3 is 19.8 Å². The Labute approximate surface area is 157 Å². The third kappa shape index (κ3) is 3.19. The first-order valence-corrected chi connectivity index (χ1v) is 9.24. The average molecular weight is 375 g/mol. The first kappa shape index (κ1) is 18.3. The van der Waals surface area contributed by atoms with Crippen molar-refractivity contribution in [3.8, 4) is 0 Å². The van der Waals surface area contributed by atoms with Crippen LogP contribution in [0.5, 0.6) is 0 Å². The predicted octanol–water partition coefficient (Wildman–Crippen LogP) is 0.248. The highest BCUT2D eigenvalue weighted by Crippen LogP contribution is 2.39. The highest BCUT2D eigenvalue weighted by Gasteiger charge is 2.49. The number of aliphatic hydroxyl groups excluding tert-OH is 1. The van der Waals surface area contributed by atoms with Crippen LogP contribution in [0.4, 0.5) is 0 Å². The second-order valence-electron chi connectivity index (χ2n) is 8.02. The fourth-order valence-electron chi connectivity index (χ4n) is 4.09. The number of aliphatic hydroxyl groups is 2. The lowest BCUT2D eigenvalue weighted by molar-refractivity contribution is -0.221. The lowest BCUT2D eigenvalue weighted by Gasteiger charge is -2.49. The molecule has 0 unspecified atom stereocenters. The van der Waals surface area contributed by atoms with Crippen LogP contribution in [0.3, 0.4) is 0 Å². The molecule has 9 nitrogen and oxygen atoms in total. The lowest BCUT2D eigenvalue weighted by Crippen LogP contribution is -2.59. The average Bonchev–Trinajstić information content (AvgIpc) is 3.03. The van der Waals surface area contributed by atoms with Gasteiger partial charge in [-0.25, -0.2) is 9.50 Å². The number of amides is 1. The Morgan fingerprint density at radius 2 is 2.00 bits per heavy atom. The summed E-state index contributed by atoms with van der Waals surface area (Å²) in [6.07, 6.45) is 0.679. The number of aryl methyl sites for hydroxylation is 2. The van der Waals surface area contributed by atoms with Crippen molar-refractivity contribution >= 4 is 11.7 Å². The maximum Gasteiger partial charge on any atom is 0.293 e. The van der Waals surface area contributed by atoms with Crippen LogP contribution in [-0.2, 0) is 4.74 Å². The SMILES string of the molecule is Cc1cc(C)n2nc(C(=O)N3CCC4(CC3)C[C@](C)(O)[C@@H](O)CO4)nc2n1. The zero-order valence-electron chi connectivity index (χ0n) is 15.8. The van der Waals surface area contributed by atoms with Crippen molar-refractivity contribution in [3.05, 3.63) is 23.3 Å². The van der Waals surface area contributed by atoms with Crippen molar-refractivity contribution in [1.82, 2.24) is 24.5 Å². The molecule has 2 saturated heterocycles. The Morgan fingerprint density at radius 1 is 1.30 bits per heavy atom. The smallest absolute Gasteiger partial charge is 0.293 e. The number of nitrogens with zero attached hydrogens (tertiary/aromatic N) is 5. The van der Waals surface area contributed by atoms with Crippen molar-refractivity contribution in [2.45, 2.75) is 57.3 Å². The van der Waals surface area contributed by atoms with Gasteiger partial charge in [0.05, 0.1) is 17.8 Å². The van der Waals surface area contributed by atoms with Crippen LogP contribution >= 0.6 is 0 Å². The van der Waals surface area contributed by atoms with Gasteiger partial charge in [0.2, 0.25) is 5.82 Å². The van der Waals surface area contributed by atoms with E-state index in [0.717, 1.165) is 11.4 Å². The minimum Gasteiger partial charge on any atom is -0.388 e. The first-order valence-electron chi connectivity index (χ1n) is 9.24. The molecule has 2 aliphatic heterocycles. The maximum atomic E-state index is 12.8. The summed E-state index contributed by atoms with van der Waals surface area (Å²) in [6, 6.07) is 1.89. The van der Waals surface area contributed by atoms with Crippen LogP contribution in [-0.4, -0.2) is 77.6 Å². The van der Waals surface area contributed by atoms with E-state index in [-0.39, 0.29) is 18.3 Å². The van der Waals surface area contributed by atoms with E-state index in [9.17, 15) is 15.0 Å². The zero-order valence-corrected chi connectivity index (χ0v) is 15.8. The van der Waals surface area contributed by atoms with E-state index in [2.05, 4.69) is 15.1 Å². The number of ether oxygens (including phenoxy) is 1. The summed E-state index contributed by atoms with van der Waals surface area (Å²) in [5.41, 5.74) is 0.0310. The molecule has 0 bridgehead atoms. The number of carbonyl (C=O) groups excluding carboxylic acids is 1. The van der Waals surface area contributed by atoms with Crippen LogP contribution in [0.15, 0.2) is 6.07 Å². The summed E-state index contributed by atoms with van der Waals surface area (Å²) in [5.74, 6) is 0.333. The molecule has 0 radical (unpaired) electrons. The highest BCUT2D eigenvalue weighted by molar-refractivity contribution is 5.91. The molecule has 2 aliphatic rings. The van der Waals surface area contributed by atoms with E-state index in [4.69, 9.17) is 4.74 Å². The van der Waals surface area contributed by atoms with Crippen molar-refractivity contribution in [2.24, 2.45) is 0 Å². The normalized spacial score (nSPS) is 28.0. The van der Waals surface area contributed by atoms with Crippen molar-refractivity contribution < 1.29 is 19.7 Å². The second-order valence-corrected chi connectivity index (χ2v) is 8.02. The molecule has 4 heterocycles. The van der Waals surface area contributed by atoms with E-state index in [1.54, 1.807) is 16.3 Å². The lowest BCUT2D eigenvalue weighted by atomic mass is 9.76. The summed E-state index contributed by atoms with van der Waals surface area (Å²) < 4.78 is 7.45. The molecule has 0 aromatic carbocycles. The van der Waals surface area contributed by atoms with Crippen molar-refractivity contribution in [2.75, 3.05) is 19.7 Å². The Balaban J connectivity index is 1.48. The van der Waals surface area contributed by atoms with E-state index < -0.39 is 17.3 Å². The number of hydrogen-bond acceptors (Lipinski definition) is 7. The summed E-state index contributed by atoms with van der Waals surface area (Å²) in [5, 5.41) is 24.6. The van der Waals surface area contributed by atoms with Gasteiger partial charge in [-0.05, 0) is 39.7 Å². The standard InChI is InChI=1S/C18H25N5O4/c1-11-8-12(2)23-16(19-11)20-14(21-23)15(25)22-6-4-18(5-7-22)10-17(3,26)13(24)9-27-18/h8,13,24,26H,4-7,9-10H2,1-3H3/t13-,17-/m0/s1. The molecule has 0 saturated carbocycles. The number of carbonyl (C=O) groups is 1. The predicted molar refractivity (Wildman–Crippen MR) is 95.3 cm³/mol.